The Kier molecular flexibility index (Phi) is 2.94. The average Bonchev–Trinajstić information content (AvgIpc) is 2.79. The lowest BCUT2D eigenvalue weighted by Gasteiger charge is -2.04. The molecule has 4 nitrogen and oxygen atoms in total. The molecule has 0 aliphatic heterocycles. The Morgan fingerprint density at radius 3 is 2.84 bits per heavy atom. The third-order valence-electron chi connectivity index (χ3n) is 2.57. The molecule has 2 heterocycles. The van der Waals surface area contributed by atoms with Gasteiger partial charge in [-0.05, 0) is 40.2 Å². The topological polar surface area (TPSA) is 59.0 Å². The van der Waals surface area contributed by atoms with Crippen molar-refractivity contribution in [1.82, 2.24) is 4.98 Å². The molecular formula is C14H7BrN2O2. The van der Waals surface area contributed by atoms with Crippen LogP contribution in [0.2, 0.25) is 0 Å². The SMILES string of the molecule is N#Cc1oc2ccccc2c1Oc1ncccc1Br. The molecule has 92 valence electrons. The molecule has 0 N–H and O–H groups in total. The Bertz CT molecular complexity index is 789. The van der Waals surface area contributed by atoms with E-state index in [9.17, 15) is 0 Å². The van der Waals surface area contributed by atoms with Crippen LogP contribution in [0.3, 0.4) is 0 Å². The third kappa shape index (κ3) is 2.07. The van der Waals surface area contributed by atoms with Crippen molar-refractivity contribution in [2.45, 2.75) is 0 Å². The summed E-state index contributed by atoms with van der Waals surface area (Å²) in [6.07, 6.45) is 1.62. The normalized spacial score (nSPS) is 10.3. The van der Waals surface area contributed by atoms with E-state index < -0.39 is 0 Å². The minimum Gasteiger partial charge on any atom is -0.442 e. The number of hydrogen-bond acceptors (Lipinski definition) is 4. The number of nitriles is 1. The molecule has 0 radical (unpaired) electrons. The van der Waals surface area contributed by atoms with Gasteiger partial charge in [-0.1, -0.05) is 12.1 Å². The van der Waals surface area contributed by atoms with Gasteiger partial charge in [0.15, 0.2) is 5.75 Å². The fourth-order valence-electron chi connectivity index (χ4n) is 1.74. The van der Waals surface area contributed by atoms with E-state index in [1.54, 1.807) is 18.3 Å². The first-order chi connectivity index (χ1) is 9.29. The molecule has 0 fully saturated rings. The summed E-state index contributed by atoms with van der Waals surface area (Å²) in [5.74, 6) is 0.918. The molecule has 0 bridgehead atoms. The third-order valence-corrected chi connectivity index (χ3v) is 3.18. The summed E-state index contributed by atoms with van der Waals surface area (Å²) in [5, 5.41) is 9.86. The molecule has 0 saturated carbocycles. The van der Waals surface area contributed by atoms with Gasteiger partial charge in [-0.15, -0.1) is 0 Å². The van der Waals surface area contributed by atoms with Crippen LogP contribution in [0.15, 0.2) is 51.5 Å². The molecule has 2 aromatic heterocycles. The predicted molar refractivity (Wildman–Crippen MR) is 72.9 cm³/mol. The fourth-order valence-corrected chi connectivity index (χ4v) is 2.08. The molecule has 0 atom stereocenters. The van der Waals surface area contributed by atoms with Crippen molar-refractivity contribution in [2.24, 2.45) is 0 Å². The second-order valence-electron chi connectivity index (χ2n) is 3.76. The number of nitrogens with zero attached hydrogens (tertiary/aromatic N) is 2. The number of rotatable bonds is 2. The smallest absolute Gasteiger partial charge is 0.247 e. The molecule has 0 saturated heterocycles. The van der Waals surface area contributed by atoms with Gasteiger partial charge in [-0.3, -0.25) is 0 Å². The minimum absolute atomic E-state index is 0.138. The maximum Gasteiger partial charge on any atom is 0.247 e. The Hall–Kier alpha value is -2.32. The number of hydrogen-bond donors (Lipinski definition) is 0. The molecule has 19 heavy (non-hydrogen) atoms. The van der Waals surface area contributed by atoms with Crippen LogP contribution in [0.4, 0.5) is 0 Å². The van der Waals surface area contributed by atoms with E-state index in [-0.39, 0.29) is 5.76 Å². The molecule has 0 unspecified atom stereocenters. The Balaban J connectivity index is 2.15. The summed E-state index contributed by atoms with van der Waals surface area (Å²) in [7, 11) is 0. The molecule has 0 aliphatic carbocycles. The van der Waals surface area contributed by atoms with Crippen molar-refractivity contribution in [1.29, 1.82) is 5.26 Å². The summed E-state index contributed by atoms with van der Waals surface area (Å²) in [6, 6.07) is 12.9. The number of aromatic nitrogens is 1. The number of halogens is 1. The van der Waals surface area contributed by atoms with Gasteiger partial charge >= 0.3 is 0 Å². The largest absolute Gasteiger partial charge is 0.442 e. The molecule has 0 spiro atoms. The van der Waals surface area contributed by atoms with E-state index in [0.717, 1.165) is 5.39 Å². The maximum absolute atomic E-state index is 9.11. The fraction of sp³-hybridized carbons (Fsp3) is 0. The highest BCUT2D eigenvalue weighted by atomic mass is 79.9. The quantitative estimate of drug-likeness (QED) is 0.709. The molecule has 0 amide bonds. The lowest BCUT2D eigenvalue weighted by atomic mass is 10.2. The maximum atomic E-state index is 9.11. The number of pyridine rings is 1. The van der Waals surface area contributed by atoms with Gasteiger partial charge in [0.2, 0.25) is 11.6 Å². The van der Waals surface area contributed by atoms with Crippen LogP contribution < -0.4 is 4.74 Å². The van der Waals surface area contributed by atoms with Gasteiger partial charge in [0.1, 0.15) is 11.7 Å². The van der Waals surface area contributed by atoms with E-state index >= 15 is 0 Å². The molecule has 1 aromatic carbocycles. The summed E-state index contributed by atoms with van der Waals surface area (Å²) < 4.78 is 11.9. The lowest BCUT2D eigenvalue weighted by molar-refractivity contribution is 0.447. The van der Waals surface area contributed by atoms with Crippen molar-refractivity contribution in [3.63, 3.8) is 0 Å². The summed E-state index contributed by atoms with van der Waals surface area (Å²) in [5.41, 5.74) is 0.612. The van der Waals surface area contributed by atoms with Gasteiger partial charge in [0, 0.05) is 6.20 Å². The van der Waals surface area contributed by atoms with Crippen LogP contribution in [-0.4, -0.2) is 4.98 Å². The summed E-state index contributed by atoms with van der Waals surface area (Å²) >= 11 is 3.35. The monoisotopic (exact) mass is 314 g/mol. The van der Waals surface area contributed by atoms with E-state index in [0.29, 0.717) is 21.7 Å². The zero-order chi connectivity index (χ0) is 13.2. The van der Waals surface area contributed by atoms with Gasteiger partial charge in [-0.25, -0.2) is 4.98 Å². The molecule has 0 aliphatic rings. The van der Waals surface area contributed by atoms with Gasteiger partial charge in [0.05, 0.1) is 9.86 Å². The zero-order valence-electron chi connectivity index (χ0n) is 9.63. The van der Waals surface area contributed by atoms with Crippen molar-refractivity contribution in [3.8, 4) is 17.7 Å². The van der Waals surface area contributed by atoms with E-state index in [4.69, 9.17) is 14.4 Å². The Morgan fingerprint density at radius 1 is 1.21 bits per heavy atom. The van der Waals surface area contributed by atoms with Crippen LogP contribution >= 0.6 is 15.9 Å². The van der Waals surface area contributed by atoms with E-state index in [1.165, 1.54) is 0 Å². The summed E-state index contributed by atoms with van der Waals surface area (Å²) in [6.45, 7) is 0. The van der Waals surface area contributed by atoms with Crippen molar-refractivity contribution < 1.29 is 9.15 Å². The van der Waals surface area contributed by atoms with Crippen molar-refractivity contribution >= 4 is 26.9 Å². The Morgan fingerprint density at radius 2 is 2.05 bits per heavy atom. The molecular weight excluding hydrogens is 308 g/mol. The Labute approximate surface area is 117 Å². The number of furan rings is 1. The number of benzene rings is 1. The first-order valence-electron chi connectivity index (χ1n) is 5.49. The second kappa shape index (κ2) is 4.75. The van der Waals surface area contributed by atoms with E-state index in [1.807, 2.05) is 30.3 Å². The highest BCUT2D eigenvalue weighted by Crippen LogP contribution is 2.37. The van der Waals surface area contributed by atoms with Crippen LogP contribution in [0, 0.1) is 11.3 Å². The first-order valence-corrected chi connectivity index (χ1v) is 6.29. The highest BCUT2D eigenvalue weighted by Gasteiger charge is 2.17. The van der Waals surface area contributed by atoms with Crippen LogP contribution in [-0.2, 0) is 0 Å². The van der Waals surface area contributed by atoms with E-state index in [2.05, 4.69) is 20.9 Å². The van der Waals surface area contributed by atoms with Crippen LogP contribution in [0.5, 0.6) is 11.6 Å². The predicted octanol–water partition coefficient (Wildman–Crippen LogP) is 4.25. The van der Waals surface area contributed by atoms with Gasteiger partial charge in [0.25, 0.3) is 0 Å². The summed E-state index contributed by atoms with van der Waals surface area (Å²) in [4.78, 5) is 4.12. The lowest BCUT2D eigenvalue weighted by Crippen LogP contribution is -1.89. The minimum atomic E-state index is 0.138. The molecule has 5 heteroatoms. The highest BCUT2D eigenvalue weighted by molar-refractivity contribution is 9.10. The average molecular weight is 315 g/mol. The number of fused-ring (bicyclic) bond motifs is 1. The first kappa shape index (κ1) is 11.8. The second-order valence-corrected chi connectivity index (χ2v) is 4.62. The van der Waals surface area contributed by atoms with Gasteiger partial charge < -0.3 is 9.15 Å². The molecule has 3 aromatic rings. The van der Waals surface area contributed by atoms with Crippen molar-refractivity contribution in [2.75, 3.05) is 0 Å². The molecule has 3 rings (SSSR count). The van der Waals surface area contributed by atoms with Crippen LogP contribution in [0.25, 0.3) is 11.0 Å². The number of para-hydroxylation sites is 1. The van der Waals surface area contributed by atoms with Crippen LogP contribution in [0.1, 0.15) is 5.76 Å². The zero-order valence-corrected chi connectivity index (χ0v) is 11.2. The van der Waals surface area contributed by atoms with Gasteiger partial charge in [-0.2, -0.15) is 5.26 Å². The van der Waals surface area contributed by atoms with Crippen molar-refractivity contribution in [3.05, 3.63) is 52.8 Å². The number of ether oxygens (including phenoxy) is 1. The standard InChI is InChI=1S/C14H7BrN2O2/c15-10-5-3-7-17-14(10)19-13-9-4-1-2-6-11(9)18-12(13)8-16/h1-7H.